The van der Waals surface area contributed by atoms with E-state index in [0.29, 0.717) is 6.04 Å². The zero-order valence-electron chi connectivity index (χ0n) is 17.4. The van der Waals surface area contributed by atoms with Gasteiger partial charge in [0.1, 0.15) is 5.82 Å². The van der Waals surface area contributed by atoms with E-state index in [-0.39, 0.29) is 0 Å². The van der Waals surface area contributed by atoms with Crippen molar-refractivity contribution in [2.45, 2.75) is 38.6 Å². The zero-order valence-corrected chi connectivity index (χ0v) is 17.4. The number of ether oxygens (including phenoxy) is 1. The van der Waals surface area contributed by atoms with E-state index in [4.69, 9.17) is 4.74 Å². The molecule has 154 valence electrons. The topological polar surface area (TPSA) is 50.3 Å². The Morgan fingerprint density at radius 2 is 1.69 bits per heavy atom. The normalized spacial score (nSPS) is 27.8. The first-order chi connectivity index (χ1) is 14.2. The van der Waals surface area contributed by atoms with Crippen LogP contribution in [0.25, 0.3) is 11.3 Å². The number of nitrogens with one attached hydrogen (secondary N) is 1. The molecule has 3 heterocycles. The summed E-state index contributed by atoms with van der Waals surface area (Å²) < 4.78 is 5.51. The number of fused-ring (bicyclic) bond motifs is 1. The fourth-order valence-corrected chi connectivity index (χ4v) is 5.45. The number of hydrogen-bond donors (Lipinski definition) is 1. The van der Waals surface area contributed by atoms with Crippen LogP contribution in [0.5, 0.6) is 0 Å². The standard InChI is InChI=1S/C24H32N4O/c1-17-2-4-19(5-3-17)23-6-7-24(27-26-23)25-22-12-20-15-28(16-21(20)13-22)14-18-8-10-29-11-9-18/h2-7,18,20-22H,8-16H2,1H3,(H,25,27)/t20-,21+,22?. The average Bonchev–Trinajstić information content (AvgIpc) is 3.28. The van der Waals surface area contributed by atoms with Gasteiger partial charge in [-0.3, -0.25) is 0 Å². The van der Waals surface area contributed by atoms with E-state index in [2.05, 4.69) is 63.7 Å². The van der Waals surface area contributed by atoms with E-state index in [0.717, 1.165) is 48.0 Å². The highest BCUT2D eigenvalue weighted by Gasteiger charge is 2.41. The number of rotatable bonds is 5. The van der Waals surface area contributed by atoms with Gasteiger partial charge in [0.25, 0.3) is 0 Å². The van der Waals surface area contributed by atoms with Crippen molar-refractivity contribution < 1.29 is 4.74 Å². The van der Waals surface area contributed by atoms with Crippen LogP contribution in [0.4, 0.5) is 5.82 Å². The second-order valence-electron chi connectivity index (χ2n) is 9.28. The van der Waals surface area contributed by atoms with Crippen LogP contribution < -0.4 is 5.32 Å². The molecule has 5 nitrogen and oxygen atoms in total. The van der Waals surface area contributed by atoms with Gasteiger partial charge in [-0.15, -0.1) is 10.2 Å². The molecule has 3 aliphatic rings. The molecule has 2 aliphatic heterocycles. The molecule has 0 radical (unpaired) electrons. The van der Waals surface area contributed by atoms with Crippen molar-refractivity contribution in [2.75, 3.05) is 38.2 Å². The summed E-state index contributed by atoms with van der Waals surface area (Å²) in [6.07, 6.45) is 5.01. The maximum Gasteiger partial charge on any atom is 0.148 e. The summed E-state index contributed by atoms with van der Waals surface area (Å²) in [5.41, 5.74) is 3.32. The van der Waals surface area contributed by atoms with Crippen molar-refractivity contribution in [3.05, 3.63) is 42.0 Å². The van der Waals surface area contributed by atoms with Crippen LogP contribution in [-0.4, -0.2) is 54.0 Å². The van der Waals surface area contributed by atoms with Crippen LogP contribution in [0.15, 0.2) is 36.4 Å². The lowest BCUT2D eigenvalue weighted by Gasteiger charge is -2.27. The molecule has 1 aromatic carbocycles. The fourth-order valence-electron chi connectivity index (χ4n) is 5.45. The largest absolute Gasteiger partial charge is 0.381 e. The van der Waals surface area contributed by atoms with Crippen LogP contribution in [0.3, 0.4) is 0 Å². The Hall–Kier alpha value is -1.98. The predicted molar refractivity (Wildman–Crippen MR) is 116 cm³/mol. The van der Waals surface area contributed by atoms with E-state index in [1.54, 1.807) is 0 Å². The van der Waals surface area contributed by atoms with E-state index < -0.39 is 0 Å². The maximum absolute atomic E-state index is 5.51. The molecule has 0 amide bonds. The fraction of sp³-hybridized carbons (Fsp3) is 0.583. The minimum atomic E-state index is 0.537. The van der Waals surface area contributed by atoms with Gasteiger partial charge in [0, 0.05) is 44.5 Å². The average molecular weight is 393 g/mol. The Labute approximate surface area is 173 Å². The highest BCUT2D eigenvalue weighted by atomic mass is 16.5. The first-order valence-corrected chi connectivity index (χ1v) is 11.2. The Bertz CT molecular complexity index is 787. The van der Waals surface area contributed by atoms with Crippen LogP contribution in [-0.2, 0) is 4.74 Å². The summed E-state index contributed by atoms with van der Waals surface area (Å²) in [7, 11) is 0. The van der Waals surface area contributed by atoms with Gasteiger partial charge in [0.15, 0.2) is 0 Å². The first kappa shape index (κ1) is 19.0. The monoisotopic (exact) mass is 392 g/mol. The summed E-state index contributed by atoms with van der Waals surface area (Å²) in [4.78, 5) is 2.72. The van der Waals surface area contributed by atoms with Gasteiger partial charge < -0.3 is 15.0 Å². The third kappa shape index (κ3) is 4.46. The van der Waals surface area contributed by atoms with Gasteiger partial charge in [0.2, 0.25) is 0 Å². The van der Waals surface area contributed by atoms with Gasteiger partial charge in [0.05, 0.1) is 5.69 Å². The molecular weight excluding hydrogens is 360 g/mol. The molecule has 3 atom stereocenters. The Kier molecular flexibility index (Phi) is 5.51. The SMILES string of the molecule is Cc1ccc(-c2ccc(NC3C[C@@H]4CN(CC5CCOCC5)C[C@@H]4C3)nn2)cc1. The van der Waals surface area contributed by atoms with E-state index in [1.807, 2.05) is 0 Å². The van der Waals surface area contributed by atoms with Crippen LogP contribution in [0, 0.1) is 24.7 Å². The molecule has 0 bridgehead atoms. The lowest BCUT2D eigenvalue weighted by molar-refractivity contribution is 0.0545. The van der Waals surface area contributed by atoms with Crippen molar-refractivity contribution in [1.29, 1.82) is 0 Å². The molecule has 2 saturated heterocycles. The lowest BCUT2D eigenvalue weighted by atomic mass is 10.00. The van der Waals surface area contributed by atoms with E-state index in [9.17, 15) is 0 Å². The molecule has 1 aliphatic carbocycles. The minimum Gasteiger partial charge on any atom is -0.381 e. The van der Waals surface area contributed by atoms with Crippen molar-refractivity contribution in [2.24, 2.45) is 17.8 Å². The molecule has 1 unspecified atom stereocenters. The summed E-state index contributed by atoms with van der Waals surface area (Å²) in [6.45, 7) is 7.85. The third-order valence-electron chi connectivity index (χ3n) is 7.05. The molecule has 1 aromatic heterocycles. The maximum atomic E-state index is 5.51. The van der Waals surface area contributed by atoms with E-state index >= 15 is 0 Å². The second-order valence-corrected chi connectivity index (χ2v) is 9.28. The first-order valence-electron chi connectivity index (χ1n) is 11.2. The molecular formula is C24H32N4O. The highest BCUT2D eigenvalue weighted by Crippen LogP contribution is 2.39. The van der Waals surface area contributed by atoms with Gasteiger partial charge in [-0.25, -0.2) is 0 Å². The molecule has 1 saturated carbocycles. The summed E-state index contributed by atoms with van der Waals surface area (Å²) >= 11 is 0. The summed E-state index contributed by atoms with van der Waals surface area (Å²) in [5, 5.41) is 12.5. The number of aromatic nitrogens is 2. The number of anilines is 1. The molecule has 2 aromatic rings. The van der Waals surface area contributed by atoms with Crippen molar-refractivity contribution in [3.8, 4) is 11.3 Å². The van der Waals surface area contributed by atoms with Gasteiger partial charge in [-0.2, -0.15) is 0 Å². The third-order valence-corrected chi connectivity index (χ3v) is 7.05. The Morgan fingerprint density at radius 3 is 2.34 bits per heavy atom. The second kappa shape index (κ2) is 8.41. The predicted octanol–water partition coefficient (Wildman–Crippen LogP) is 4.00. The van der Waals surface area contributed by atoms with Crippen molar-refractivity contribution >= 4 is 5.82 Å². The minimum absolute atomic E-state index is 0.537. The Balaban J connectivity index is 1.12. The summed E-state index contributed by atoms with van der Waals surface area (Å²) in [5.74, 6) is 3.43. The van der Waals surface area contributed by atoms with E-state index in [1.165, 1.54) is 50.9 Å². The Morgan fingerprint density at radius 1 is 0.966 bits per heavy atom. The van der Waals surface area contributed by atoms with Crippen LogP contribution in [0.1, 0.15) is 31.2 Å². The number of nitrogens with zero attached hydrogens (tertiary/aromatic N) is 3. The lowest BCUT2D eigenvalue weighted by Crippen LogP contribution is -2.32. The molecule has 5 rings (SSSR count). The number of aryl methyl sites for hydroxylation is 1. The van der Waals surface area contributed by atoms with Crippen molar-refractivity contribution in [3.63, 3.8) is 0 Å². The quantitative estimate of drug-likeness (QED) is 0.833. The van der Waals surface area contributed by atoms with Crippen LogP contribution in [0.2, 0.25) is 0 Å². The number of benzene rings is 1. The molecule has 3 fully saturated rings. The van der Waals surface area contributed by atoms with Gasteiger partial charge in [-0.05, 0) is 62.5 Å². The van der Waals surface area contributed by atoms with Gasteiger partial charge in [-0.1, -0.05) is 29.8 Å². The molecule has 1 N–H and O–H groups in total. The van der Waals surface area contributed by atoms with Crippen LogP contribution >= 0.6 is 0 Å². The number of likely N-dealkylation sites (tertiary alicyclic amines) is 1. The number of hydrogen-bond acceptors (Lipinski definition) is 5. The van der Waals surface area contributed by atoms with Gasteiger partial charge >= 0.3 is 0 Å². The zero-order chi connectivity index (χ0) is 19.6. The summed E-state index contributed by atoms with van der Waals surface area (Å²) in [6, 6.07) is 13.1. The smallest absolute Gasteiger partial charge is 0.148 e. The highest BCUT2D eigenvalue weighted by molar-refractivity contribution is 5.59. The molecule has 0 spiro atoms. The molecule has 5 heteroatoms. The van der Waals surface area contributed by atoms with Crippen molar-refractivity contribution in [1.82, 2.24) is 15.1 Å². The molecule has 29 heavy (non-hydrogen) atoms.